The van der Waals surface area contributed by atoms with Crippen molar-refractivity contribution in [1.29, 1.82) is 0 Å². The number of amides is 1. The number of carbonyl (C=O) groups excluding carboxylic acids is 1. The molecule has 1 aromatic carbocycles. The van der Waals surface area contributed by atoms with Crippen molar-refractivity contribution in [1.82, 2.24) is 19.7 Å². The number of hydrogen-bond acceptors (Lipinski definition) is 6. The molecule has 0 saturated heterocycles. The molecule has 156 valence electrons. The normalized spacial score (nSPS) is 14.5. The summed E-state index contributed by atoms with van der Waals surface area (Å²) < 4.78 is 28.6. The highest BCUT2D eigenvalue weighted by Crippen LogP contribution is 2.40. The molecule has 1 atom stereocenters. The van der Waals surface area contributed by atoms with Gasteiger partial charge in [0.05, 0.1) is 10.9 Å². The molecule has 1 saturated carbocycles. The molecule has 1 unspecified atom stereocenters. The van der Waals surface area contributed by atoms with Crippen molar-refractivity contribution < 1.29 is 13.6 Å². The standard InChI is InChI=1S/C20H19F2N5OS2/c1-3-8-27-17(12-4-5-12)25-26-20(27)30-11(2)18(28)24-19-23-16(10-29-19)13-6-7-14(21)15(22)9-13/h3,6-7,9-12H,1,4-5,8H2,2H3,(H,23,24,28). The summed E-state index contributed by atoms with van der Waals surface area (Å²) in [6.45, 7) is 6.17. The number of thiazole rings is 1. The second-order valence-corrected chi connectivity index (χ2v) is 9.10. The third kappa shape index (κ3) is 4.44. The molecule has 10 heteroatoms. The van der Waals surface area contributed by atoms with Gasteiger partial charge in [-0.3, -0.25) is 4.79 Å². The van der Waals surface area contributed by atoms with Gasteiger partial charge in [-0.05, 0) is 38.0 Å². The maximum absolute atomic E-state index is 13.4. The van der Waals surface area contributed by atoms with E-state index < -0.39 is 16.9 Å². The van der Waals surface area contributed by atoms with Gasteiger partial charge in [-0.15, -0.1) is 28.1 Å². The number of rotatable bonds is 8. The van der Waals surface area contributed by atoms with Gasteiger partial charge in [0.2, 0.25) is 5.91 Å². The number of thioether (sulfide) groups is 1. The van der Waals surface area contributed by atoms with Gasteiger partial charge in [-0.1, -0.05) is 17.8 Å². The first kappa shape index (κ1) is 20.7. The molecule has 3 aromatic rings. The first-order valence-electron chi connectivity index (χ1n) is 9.38. The molecule has 1 amide bonds. The van der Waals surface area contributed by atoms with Crippen LogP contribution in [0, 0.1) is 11.6 Å². The minimum absolute atomic E-state index is 0.229. The molecule has 1 N–H and O–H groups in total. The zero-order valence-corrected chi connectivity index (χ0v) is 17.8. The van der Waals surface area contributed by atoms with E-state index in [0.717, 1.165) is 30.8 Å². The second kappa shape index (κ2) is 8.65. The van der Waals surface area contributed by atoms with E-state index >= 15 is 0 Å². The second-order valence-electron chi connectivity index (χ2n) is 6.93. The largest absolute Gasteiger partial charge is 0.302 e. The van der Waals surface area contributed by atoms with Crippen LogP contribution in [-0.4, -0.2) is 30.9 Å². The quantitative estimate of drug-likeness (QED) is 0.394. The molecule has 6 nitrogen and oxygen atoms in total. The zero-order valence-electron chi connectivity index (χ0n) is 16.1. The minimum atomic E-state index is -0.940. The van der Waals surface area contributed by atoms with Crippen molar-refractivity contribution in [2.24, 2.45) is 0 Å². The highest BCUT2D eigenvalue weighted by atomic mass is 32.2. The van der Waals surface area contributed by atoms with Crippen LogP contribution in [0.5, 0.6) is 0 Å². The predicted molar refractivity (Wildman–Crippen MR) is 114 cm³/mol. The summed E-state index contributed by atoms with van der Waals surface area (Å²) in [4.78, 5) is 16.9. The summed E-state index contributed by atoms with van der Waals surface area (Å²) in [7, 11) is 0. The molecule has 1 fully saturated rings. The van der Waals surface area contributed by atoms with E-state index in [0.29, 0.717) is 34.0 Å². The Hall–Kier alpha value is -2.59. The first-order chi connectivity index (χ1) is 14.5. The van der Waals surface area contributed by atoms with Crippen LogP contribution in [0.25, 0.3) is 11.3 Å². The van der Waals surface area contributed by atoms with Crippen LogP contribution >= 0.6 is 23.1 Å². The van der Waals surface area contributed by atoms with E-state index in [1.54, 1.807) is 18.4 Å². The first-order valence-corrected chi connectivity index (χ1v) is 11.1. The molecular weight excluding hydrogens is 428 g/mol. The number of carbonyl (C=O) groups is 1. The van der Waals surface area contributed by atoms with Crippen molar-refractivity contribution in [3.63, 3.8) is 0 Å². The monoisotopic (exact) mass is 447 g/mol. The van der Waals surface area contributed by atoms with Crippen molar-refractivity contribution in [3.05, 3.63) is 53.7 Å². The number of aromatic nitrogens is 4. The van der Waals surface area contributed by atoms with Gasteiger partial charge >= 0.3 is 0 Å². The van der Waals surface area contributed by atoms with E-state index in [1.807, 2.05) is 4.57 Å². The van der Waals surface area contributed by atoms with Gasteiger partial charge < -0.3 is 9.88 Å². The van der Waals surface area contributed by atoms with Crippen LogP contribution in [0.1, 0.15) is 31.5 Å². The number of allylic oxidation sites excluding steroid dienone is 1. The van der Waals surface area contributed by atoms with Crippen LogP contribution in [0.3, 0.4) is 0 Å². The van der Waals surface area contributed by atoms with Crippen LogP contribution in [0.4, 0.5) is 13.9 Å². The molecule has 0 spiro atoms. The lowest BCUT2D eigenvalue weighted by Gasteiger charge is -2.11. The number of halogens is 2. The zero-order chi connectivity index (χ0) is 21.3. The summed E-state index contributed by atoms with van der Waals surface area (Å²) >= 11 is 2.54. The fourth-order valence-electron chi connectivity index (χ4n) is 2.87. The SMILES string of the molecule is C=CCn1c(SC(C)C(=O)Nc2nc(-c3ccc(F)c(F)c3)cs2)nnc1C1CC1. The maximum atomic E-state index is 13.4. The van der Waals surface area contributed by atoms with E-state index in [2.05, 4.69) is 27.1 Å². The summed E-state index contributed by atoms with van der Waals surface area (Å²) in [5.74, 6) is -0.692. The molecule has 2 heterocycles. The lowest BCUT2D eigenvalue weighted by atomic mass is 10.2. The number of nitrogens with zero attached hydrogens (tertiary/aromatic N) is 4. The van der Waals surface area contributed by atoms with Crippen molar-refractivity contribution in [2.75, 3.05) is 5.32 Å². The Morgan fingerprint density at radius 2 is 2.20 bits per heavy atom. The van der Waals surface area contributed by atoms with E-state index in [4.69, 9.17) is 0 Å². The van der Waals surface area contributed by atoms with Gasteiger partial charge in [-0.2, -0.15) is 0 Å². The lowest BCUT2D eigenvalue weighted by molar-refractivity contribution is -0.115. The minimum Gasteiger partial charge on any atom is -0.302 e. The Balaban J connectivity index is 1.42. The maximum Gasteiger partial charge on any atom is 0.239 e. The smallest absolute Gasteiger partial charge is 0.239 e. The van der Waals surface area contributed by atoms with Gasteiger partial charge in [0.25, 0.3) is 0 Å². The average molecular weight is 448 g/mol. The molecule has 0 aliphatic heterocycles. The average Bonchev–Trinajstić information content (AvgIpc) is 3.34. The van der Waals surface area contributed by atoms with E-state index in [-0.39, 0.29) is 5.91 Å². The topological polar surface area (TPSA) is 72.7 Å². The number of nitrogens with one attached hydrogen (secondary N) is 1. The van der Waals surface area contributed by atoms with E-state index in [9.17, 15) is 13.6 Å². The third-order valence-electron chi connectivity index (χ3n) is 4.60. The summed E-state index contributed by atoms with van der Waals surface area (Å²) in [5, 5.41) is 13.6. The molecule has 4 rings (SSSR count). The van der Waals surface area contributed by atoms with Crippen LogP contribution in [0.15, 0.2) is 41.4 Å². The molecule has 0 radical (unpaired) electrons. The molecule has 30 heavy (non-hydrogen) atoms. The molecular formula is C20H19F2N5OS2. The molecule has 1 aliphatic carbocycles. The Morgan fingerprint density at radius 1 is 1.40 bits per heavy atom. The van der Waals surface area contributed by atoms with Gasteiger partial charge in [0.1, 0.15) is 5.82 Å². The van der Waals surface area contributed by atoms with Crippen LogP contribution in [0.2, 0.25) is 0 Å². The summed E-state index contributed by atoms with van der Waals surface area (Å²) in [6, 6.07) is 3.58. The Kier molecular flexibility index (Phi) is 5.96. The Bertz CT molecular complexity index is 1090. The number of hydrogen-bond donors (Lipinski definition) is 1. The Labute approximate surface area is 180 Å². The van der Waals surface area contributed by atoms with E-state index in [1.165, 1.54) is 29.2 Å². The highest BCUT2D eigenvalue weighted by molar-refractivity contribution is 8.00. The number of anilines is 1. The molecule has 0 bridgehead atoms. The van der Waals surface area contributed by atoms with Crippen molar-refractivity contribution >= 4 is 34.1 Å². The van der Waals surface area contributed by atoms with Crippen LogP contribution in [-0.2, 0) is 11.3 Å². The van der Waals surface area contributed by atoms with Crippen LogP contribution < -0.4 is 5.32 Å². The lowest BCUT2D eigenvalue weighted by Crippen LogP contribution is -2.23. The Morgan fingerprint density at radius 3 is 2.90 bits per heavy atom. The highest BCUT2D eigenvalue weighted by Gasteiger charge is 2.31. The van der Waals surface area contributed by atoms with Crippen molar-refractivity contribution in [3.8, 4) is 11.3 Å². The summed E-state index contributed by atoms with van der Waals surface area (Å²) in [6.07, 6.45) is 4.01. The van der Waals surface area contributed by atoms with Gasteiger partial charge in [0.15, 0.2) is 21.9 Å². The fourth-order valence-corrected chi connectivity index (χ4v) is 4.46. The third-order valence-corrected chi connectivity index (χ3v) is 6.44. The number of benzene rings is 1. The summed E-state index contributed by atoms with van der Waals surface area (Å²) in [5.41, 5.74) is 0.910. The fraction of sp³-hybridized carbons (Fsp3) is 0.300. The van der Waals surface area contributed by atoms with Gasteiger partial charge in [0, 0.05) is 23.4 Å². The van der Waals surface area contributed by atoms with Crippen molar-refractivity contribution in [2.45, 2.75) is 42.6 Å². The van der Waals surface area contributed by atoms with Gasteiger partial charge in [-0.25, -0.2) is 13.8 Å². The predicted octanol–water partition coefficient (Wildman–Crippen LogP) is 4.86. The molecule has 1 aliphatic rings. The molecule has 2 aromatic heterocycles.